The third-order valence-electron chi connectivity index (χ3n) is 15.2. The molecule has 0 aromatic heterocycles. The highest BCUT2D eigenvalue weighted by Gasteiger charge is 2.54. The molecule has 0 N–H and O–H groups in total. The van der Waals surface area contributed by atoms with Crippen molar-refractivity contribution < 1.29 is 47.5 Å². The Morgan fingerprint density at radius 1 is 0.782 bits per heavy atom. The van der Waals surface area contributed by atoms with Crippen LogP contribution in [0.25, 0.3) is 0 Å². The molecule has 0 radical (unpaired) electrons. The summed E-state index contributed by atoms with van der Waals surface area (Å²) in [7, 11) is 9.27. The predicted octanol–water partition coefficient (Wildman–Crippen LogP) is 6.49. The van der Waals surface area contributed by atoms with Crippen LogP contribution in [-0.2, 0) is 47.5 Å². The molecule has 0 amide bonds. The van der Waals surface area contributed by atoms with Gasteiger partial charge < -0.3 is 42.8 Å². The fraction of sp³-hybridized carbons (Fsp3) is 0.909. The molecular weight excluding hydrogens is 702 g/mol. The van der Waals surface area contributed by atoms with E-state index < -0.39 is 12.4 Å². The SMILES string of the molecule is CC[C@@H]1OC(OC2CC3CCC4C5CC(=O)OC(C6CCC6)CCCC(OC6CC[C@@H](N(C)C)[C@@H](C)O6)C(C)C(=O)C5=CC4C3C2)C(OC)C(OC)C1OC. The Labute approximate surface area is 330 Å². The quantitative estimate of drug-likeness (QED) is 0.227. The molecule has 7 aliphatic rings. The molecule has 6 fully saturated rings. The summed E-state index contributed by atoms with van der Waals surface area (Å²) in [5.41, 5.74) is 0.832. The van der Waals surface area contributed by atoms with Crippen LogP contribution in [0, 0.1) is 41.4 Å². The second kappa shape index (κ2) is 18.2. The van der Waals surface area contributed by atoms with Crippen LogP contribution < -0.4 is 0 Å². The number of hydrogen-bond acceptors (Lipinski definition) is 11. The molecule has 3 saturated heterocycles. The molecule has 0 bridgehead atoms. The molecule has 11 nitrogen and oxygen atoms in total. The van der Waals surface area contributed by atoms with Crippen LogP contribution in [0.4, 0.5) is 0 Å². The third-order valence-corrected chi connectivity index (χ3v) is 15.2. The number of ether oxygens (including phenoxy) is 8. The normalized spacial score (nSPS) is 45.8. The maximum atomic E-state index is 14.8. The van der Waals surface area contributed by atoms with Crippen molar-refractivity contribution in [3.05, 3.63) is 11.6 Å². The van der Waals surface area contributed by atoms with Crippen LogP contribution in [0.2, 0.25) is 0 Å². The van der Waals surface area contributed by atoms with E-state index in [9.17, 15) is 9.59 Å². The van der Waals surface area contributed by atoms with Gasteiger partial charge in [-0.2, -0.15) is 0 Å². The van der Waals surface area contributed by atoms with Crippen molar-refractivity contribution in [2.24, 2.45) is 41.4 Å². The Balaban J connectivity index is 1.10. The minimum absolute atomic E-state index is 0.00102. The van der Waals surface area contributed by atoms with Crippen LogP contribution in [-0.4, -0.2) is 120 Å². The van der Waals surface area contributed by atoms with Crippen molar-refractivity contribution in [1.29, 1.82) is 0 Å². The summed E-state index contributed by atoms with van der Waals surface area (Å²) in [6, 6.07) is 0.348. The van der Waals surface area contributed by atoms with E-state index in [1.54, 1.807) is 21.3 Å². The van der Waals surface area contributed by atoms with Gasteiger partial charge in [0.05, 0.1) is 30.8 Å². The van der Waals surface area contributed by atoms with Crippen molar-refractivity contribution in [2.75, 3.05) is 35.4 Å². The van der Waals surface area contributed by atoms with Gasteiger partial charge in [0, 0.05) is 39.2 Å². The Kier molecular flexibility index (Phi) is 13.8. The number of cyclic esters (lactones) is 1. The number of carbonyl (C=O) groups is 2. The van der Waals surface area contributed by atoms with Crippen LogP contribution in [0.3, 0.4) is 0 Å². The molecule has 0 spiro atoms. The molecule has 4 aliphatic carbocycles. The number of Topliss-reactive ketones (excluding diaryl/α,β-unsaturated/α-hetero) is 1. The van der Waals surface area contributed by atoms with Gasteiger partial charge in [-0.15, -0.1) is 0 Å². The Hall–Kier alpha value is -1.44. The number of hydrogen-bond donors (Lipinski definition) is 0. The van der Waals surface area contributed by atoms with E-state index in [1.807, 2.05) is 0 Å². The Bertz CT molecular complexity index is 1340. The third kappa shape index (κ3) is 8.66. The molecule has 11 heteroatoms. The molecule has 0 aromatic carbocycles. The second-order valence-electron chi connectivity index (χ2n) is 18.3. The predicted molar refractivity (Wildman–Crippen MR) is 206 cm³/mol. The van der Waals surface area contributed by atoms with E-state index in [0.717, 1.165) is 82.6 Å². The van der Waals surface area contributed by atoms with Crippen molar-refractivity contribution in [2.45, 2.75) is 178 Å². The van der Waals surface area contributed by atoms with Gasteiger partial charge in [-0.3, -0.25) is 9.59 Å². The van der Waals surface area contributed by atoms with Crippen molar-refractivity contribution in [3.8, 4) is 0 Å². The summed E-state index contributed by atoms with van der Waals surface area (Å²) in [5, 5.41) is 0. The number of likely N-dealkylation sites (N-methyl/N-ethyl adjacent to an activating group) is 1. The molecule has 3 heterocycles. The number of methoxy groups -OCH3 is 3. The number of nitrogens with zero attached hydrogens (tertiary/aromatic N) is 1. The van der Waals surface area contributed by atoms with E-state index in [4.69, 9.17) is 37.9 Å². The smallest absolute Gasteiger partial charge is 0.306 e. The van der Waals surface area contributed by atoms with Gasteiger partial charge in [0.15, 0.2) is 18.4 Å². The maximum Gasteiger partial charge on any atom is 0.306 e. The zero-order valence-electron chi connectivity index (χ0n) is 34.9. The molecular formula is C44H71NO10. The van der Waals surface area contributed by atoms with E-state index in [2.05, 4.69) is 45.8 Å². The lowest BCUT2D eigenvalue weighted by atomic mass is 9.66. The minimum Gasteiger partial charge on any atom is -0.462 e. The van der Waals surface area contributed by atoms with Gasteiger partial charge in [0.25, 0.3) is 0 Å². The highest BCUT2D eigenvalue weighted by atomic mass is 16.7. The van der Waals surface area contributed by atoms with Crippen molar-refractivity contribution in [1.82, 2.24) is 4.90 Å². The molecule has 312 valence electrons. The standard InChI is InChI=1S/C44H71NO10/c1-9-35-41(48-6)42(49-7)43(50-8)44(55-35)52-28-20-27-16-17-29-31(30(27)21-28)22-33-32(29)23-38(46)53-37(26-12-10-13-26)15-11-14-36(24(2)40(33)47)54-39-19-18-34(45(4)5)25(3)51-39/h22,24-32,34-37,39,41-44H,9-21,23H2,1-8H3/t24?,25-,27?,28?,29?,30?,31?,32?,34-,35+,36?,37?,39?,41?,42?,43?,44?/m1/s1. The fourth-order valence-corrected chi connectivity index (χ4v) is 11.9. The van der Waals surface area contributed by atoms with E-state index in [-0.39, 0.29) is 90.9 Å². The van der Waals surface area contributed by atoms with E-state index in [1.165, 1.54) is 6.42 Å². The molecule has 7 rings (SSSR count). The first-order valence-electron chi connectivity index (χ1n) is 21.9. The van der Waals surface area contributed by atoms with Crippen LogP contribution in [0.5, 0.6) is 0 Å². The summed E-state index contributed by atoms with van der Waals surface area (Å²) >= 11 is 0. The largest absolute Gasteiger partial charge is 0.462 e. The van der Waals surface area contributed by atoms with Gasteiger partial charge in [-0.25, -0.2) is 0 Å². The summed E-state index contributed by atoms with van der Waals surface area (Å²) in [6.45, 7) is 6.27. The van der Waals surface area contributed by atoms with Gasteiger partial charge >= 0.3 is 5.97 Å². The number of fused-ring (bicyclic) bond motifs is 5. The van der Waals surface area contributed by atoms with Crippen LogP contribution >= 0.6 is 0 Å². The Morgan fingerprint density at radius 3 is 2.18 bits per heavy atom. The average molecular weight is 774 g/mol. The average Bonchev–Trinajstić information content (AvgIpc) is 3.72. The number of allylic oxidation sites excluding steroid dienone is 2. The summed E-state index contributed by atoms with van der Waals surface area (Å²) < 4.78 is 50.6. The molecule has 0 aromatic rings. The Morgan fingerprint density at radius 2 is 1.53 bits per heavy atom. The van der Waals surface area contributed by atoms with Crippen LogP contribution in [0.1, 0.15) is 111 Å². The first-order chi connectivity index (χ1) is 26.5. The van der Waals surface area contributed by atoms with E-state index in [0.29, 0.717) is 23.8 Å². The van der Waals surface area contributed by atoms with Gasteiger partial charge in [0.2, 0.25) is 0 Å². The maximum absolute atomic E-state index is 14.8. The highest BCUT2D eigenvalue weighted by Crippen LogP contribution is 2.57. The lowest BCUT2D eigenvalue weighted by molar-refractivity contribution is -0.318. The second-order valence-corrected chi connectivity index (χ2v) is 18.3. The monoisotopic (exact) mass is 774 g/mol. The number of rotatable bonds is 10. The summed E-state index contributed by atoms with van der Waals surface area (Å²) in [4.78, 5) is 30.9. The summed E-state index contributed by atoms with van der Waals surface area (Å²) in [6.07, 6.45) is 12.6. The van der Waals surface area contributed by atoms with E-state index >= 15 is 0 Å². The number of carbonyl (C=O) groups excluding carboxylic acids is 2. The van der Waals surface area contributed by atoms with Crippen molar-refractivity contribution >= 4 is 11.8 Å². The number of esters is 1. The zero-order chi connectivity index (χ0) is 39.0. The number of ketones is 1. The van der Waals surface area contributed by atoms with Gasteiger partial charge in [-0.05, 0) is 133 Å². The van der Waals surface area contributed by atoms with Crippen molar-refractivity contribution in [3.63, 3.8) is 0 Å². The minimum atomic E-state index is -0.563. The highest BCUT2D eigenvalue weighted by molar-refractivity contribution is 5.99. The molecule has 3 saturated carbocycles. The summed E-state index contributed by atoms with van der Waals surface area (Å²) in [5.74, 6) is 1.26. The lowest BCUT2D eigenvalue weighted by Gasteiger charge is -2.45. The van der Waals surface area contributed by atoms with Gasteiger partial charge in [0.1, 0.15) is 24.4 Å². The molecule has 17 atom stereocenters. The topological polar surface area (TPSA) is 111 Å². The van der Waals surface area contributed by atoms with Crippen LogP contribution in [0.15, 0.2) is 11.6 Å². The fourth-order valence-electron chi connectivity index (χ4n) is 11.9. The van der Waals surface area contributed by atoms with Gasteiger partial charge in [-0.1, -0.05) is 26.3 Å². The first-order valence-corrected chi connectivity index (χ1v) is 21.9. The lowest BCUT2D eigenvalue weighted by Crippen LogP contribution is -2.60. The zero-order valence-corrected chi connectivity index (χ0v) is 34.9. The molecule has 14 unspecified atom stereocenters. The molecule has 55 heavy (non-hydrogen) atoms. The first kappa shape index (κ1) is 41.7. The molecule has 3 aliphatic heterocycles.